The van der Waals surface area contributed by atoms with E-state index in [0.29, 0.717) is 34.1 Å². The quantitative estimate of drug-likeness (QED) is 0.531. The van der Waals surface area contributed by atoms with Gasteiger partial charge in [-0.25, -0.2) is 4.98 Å². The largest absolute Gasteiger partial charge is 0.497 e. The van der Waals surface area contributed by atoms with Crippen LogP contribution < -0.4 is 15.0 Å². The highest BCUT2D eigenvalue weighted by molar-refractivity contribution is 5.87. The number of methoxy groups -OCH3 is 2. The topological polar surface area (TPSA) is 87.8 Å². The van der Waals surface area contributed by atoms with Gasteiger partial charge in [-0.2, -0.15) is 0 Å². The Morgan fingerprint density at radius 3 is 2.31 bits per heavy atom. The molecule has 0 spiro atoms. The summed E-state index contributed by atoms with van der Waals surface area (Å²) in [4.78, 5) is 37.1. The molecule has 1 aliphatic rings. The molecule has 1 atom stereocenters. The van der Waals surface area contributed by atoms with Crippen LogP contribution in [0.3, 0.4) is 0 Å². The van der Waals surface area contributed by atoms with Gasteiger partial charge in [0, 0.05) is 50.4 Å². The zero-order valence-corrected chi connectivity index (χ0v) is 21.1. The molecule has 0 radical (unpaired) electrons. The van der Waals surface area contributed by atoms with E-state index >= 15 is 0 Å². The Kier molecular flexibility index (Phi) is 7.52. The smallest absolute Gasteiger partial charge is 0.262 e. The standard InChI is InChI=1S/C27H34N4O4/c1-17(2)25(18(3)32)31-12-10-30(11-13-31)16-19-6-8-20(9-7-19)26-28-22-14-21(34-4)15-23(35-5)24(22)27(33)29-26/h6-9,14-15,17,25H,10-13,16H2,1-5H3,(H,28,29,33). The summed E-state index contributed by atoms with van der Waals surface area (Å²) in [5, 5.41) is 0.400. The number of aromatic amines is 1. The monoisotopic (exact) mass is 478 g/mol. The molecule has 2 aromatic carbocycles. The van der Waals surface area contributed by atoms with Gasteiger partial charge in [0.05, 0.1) is 25.8 Å². The van der Waals surface area contributed by atoms with E-state index < -0.39 is 0 Å². The maximum atomic E-state index is 12.8. The lowest BCUT2D eigenvalue weighted by atomic mass is 9.98. The summed E-state index contributed by atoms with van der Waals surface area (Å²) in [6, 6.07) is 11.5. The molecule has 35 heavy (non-hydrogen) atoms. The number of hydrogen-bond acceptors (Lipinski definition) is 7. The molecule has 1 saturated heterocycles. The van der Waals surface area contributed by atoms with E-state index in [1.807, 2.05) is 12.1 Å². The fourth-order valence-corrected chi connectivity index (χ4v) is 5.00. The van der Waals surface area contributed by atoms with Gasteiger partial charge >= 0.3 is 0 Å². The Morgan fingerprint density at radius 1 is 1.06 bits per heavy atom. The minimum Gasteiger partial charge on any atom is -0.497 e. The number of carbonyl (C=O) groups is 1. The molecule has 1 aliphatic heterocycles. The van der Waals surface area contributed by atoms with Crippen LogP contribution in [0.2, 0.25) is 0 Å². The Balaban J connectivity index is 1.47. The second-order valence-electron chi connectivity index (χ2n) is 9.45. The number of nitrogens with one attached hydrogen (secondary N) is 1. The summed E-state index contributed by atoms with van der Waals surface area (Å²) in [5.74, 6) is 2.09. The van der Waals surface area contributed by atoms with Crippen molar-refractivity contribution in [2.45, 2.75) is 33.4 Å². The van der Waals surface area contributed by atoms with Crippen LogP contribution in [0.5, 0.6) is 11.5 Å². The highest BCUT2D eigenvalue weighted by Crippen LogP contribution is 2.29. The van der Waals surface area contributed by atoms with Crippen LogP contribution in [0.25, 0.3) is 22.3 Å². The number of carbonyl (C=O) groups excluding carboxylic acids is 1. The lowest BCUT2D eigenvalue weighted by molar-refractivity contribution is -0.124. The van der Waals surface area contributed by atoms with Crippen LogP contribution in [-0.4, -0.2) is 72.0 Å². The third-order valence-corrected chi connectivity index (χ3v) is 6.68. The van der Waals surface area contributed by atoms with E-state index in [-0.39, 0.29) is 17.4 Å². The lowest BCUT2D eigenvalue weighted by Crippen LogP contribution is -2.53. The van der Waals surface area contributed by atoms with Crippen molar-refractivity contribution in [3.8, 4) is 22.9 Å². The normalized spacial score (nSPS) is 15.9. The molecule has 4 rings (SSSR count). The molecule has 3 aromatic rings. The van der Waals surface area contributed by atoms with Crippen LogP contribution in [0.15, 0.2) is 41.2 Å². The number of fused-ring (bicyclic) bond motifs is 1. The third-order valence-electron chi connectivity index (χ3n) is 6.68. The van der Waals surface area contributed by atoms with Gasteiger partial charge < -0.3 is 14.5 Å². The van der Waals surface area contributed by atoms with Gasteiger partial charge in [0.2, 0.25) is 0 Å². The van der Waals surface area contributed by atoms with Crippen LogP contribution in [0.4, 0.5) is 0 Å². The molecule has 1 unspecified atom stereocenters. The first-order chi connectivity index (χ1) is 16.8. The Labute approximate surface area is 205 Å². The van der Waals surface area contributed by atoms with Gasteiger partial charge in [-0.15, -0.1) is 0 Å². The molecule has 0 amide bonds. The number of aromatic nitrogens is 2. The number of ketones is 1. The van der Waals surface area contributed by atoms with E-state index in [9.17, 15) is 9.59 Å². The number of benzene rings is 2. The van der Waals surface area contributed by atoms with Crippen LogP contribution in [-0.2, 0) is 11.3 Å². The van der Waals surface area contributed by atoms with Gasteiger partial charge in [0.15, 0.2) is 0 Å². The van der Waals surface area contributed by atoms with Crippen molar-refractivity contribution in [1.29, 1.82) is 0 Å². The van der Waals surface area contributed by atoms with E-state index in [1.165, 1.54) is 12.7 Å². The van der Waals surface area contributed by atoms with Gasteiger partial charge in [-0.05, 0) is 18.4 Å². The van der Waals surface area contributed by atoms with Gasteiger partial charge in [0.25, 0.3) is 5.56 Å². The number of ether oxygens (including phenoxy) is 2. The predicted octanol–water partition coefficient (Wildman–Crippen LogP) is 3.34. The van der Waals surface area contributed by atoms with Crippen molar-refractivity contribution < 1.29 is 14.3 Å². The molecule has 0 bridgehead atoms. The molecule has 8 heteroatoms. The number of Topliss-reactive ketones (excluding diaryl/α,β-unsaturated/α-hetero) is 1. The molecule has 0 saturated carbocycles. The molecule has 1 fully saturated rings. The summed E-state index contributed by atoms with van der Waals surface area (Å²) in [6.45, 7) is 10.4. The summed E-state index contributed by atoms with van der Waals surface area (Å²) in [7, 11) is 3.09. The van der Waals surface area contributed by atoms with Gasteiger partial charge in [-0.3, -0.25) is 19.4 Å². The third kappa shape index (κ3) is 5.39. The van der Waals surface area contributed by atoms with Crippen molar-refractivity contribution in [1.82, 2.24) is 19.8 Å². The molecular weight excluding hydrogens is 444 g/mol. The van der Waals surface area contributed by atoms with E-state index in [0.717, 1.165) is 38.3 Å². The van der Waals surface area contributed by atoms with Crippen molar-refractivity contribution in [2.24, 2.45) is 5.92 Å². The van der Waals surface area contributed by atoms with Crippen molar-refractivity contribution in [3.63, 3.8) is 0 Å². The minimum atomic E-state index is -0.253. The number of H-pyrrole nitrogens is 1. The Bertz CT molecular complexity index is 1240. The number of nitrogens with zero attached hydrogens (tertiary/aromatic N) is 3. The Morgan fingerprint density at radius 2 is 1.74 bits per heavy atom. The van der Waals surface area contributed by atoms with E-state index in [4.69, 9.17) is 9.47 Å². The first kappa shape index (κ1) is 24.9. The number of rotatable bonds is 8. The average molecular weight is 479 g/mol. The summed E-state index contributed by atoms with van der Waals surface area (Å²) < 4.78 is 10.7. The van der Waals surface area contributed by atoms with Crippen molar-refractivity contribution >= 4 is 16.7 Å². The number of hydrogen-bond donors (Lipinski definition) is 1. The van der Waals surface area contributed by atoms with Crippen LogP contribution in [0, 0.1) is 5.92 Å². The molecule has 1 aromatic heterocycles. The lowest BCUT2D eigenvalue weighted by Gasteiger charge is -2.39. The van der Waals surface area contributed by atoms with Crippen molar-refractivity contribution in [3.05, 3.63) is 52.3 Å². The first-order valence-corrected chi connectivity index (χ1v) is 12.0. The first-order valence-electron chi connectivity index (χ1n) is 12.0. The fraction of sp³-hybridized carbons (Fsp3) is 0.444. The SMILES string of the molecule is COc1cc(OC)c2c(=O)[nH]c(-c3ccc(CN4CCN(C(C(C)=O)C(C)C)CC4)cc3)nc2c1. The number of piperazine rings is 1. The molecule has 2 heterocycles. The zero-order valence-electron chi connectivity index (χ0n) is 21.1. The minimum absolute atomic E-state index is 0.00739. The predicted molar refractivity (Wildman–Crippen MR) is 137 cm³/mol. The van der Waals surface area contributed by atoms with Gasteiger partial charge in [-0.1, -0.05) is 38.1 Å². The van der Waals surface area contributed by atoms with E-state index in [1.54, 1.807) is 26.2 Å². The van der Waals surface area contributed by atoms with Crippen molar-refractivity contribution in [2.75, 3.05) is 40.4 Å². The summed E-state index contributed by atoms with van der Waals surface area (Å²) in [5.41, 5.74) is 2.30. The van der Waals surface area contributed by atoms with Crippen LogP contribution in [0.1, 0.15) is 26.3 Å². The fourth-order valence-electron chi connectivity index (χ4n) is 5.00. The summed E-state index contributed by atoms with van der Waals surface area (Å²) >= 11 is 0. The molecule has 186 valence electrons. The second-order valence-corrected chi connectivity index (χ2v) is 9.45. The highest BCUT2D eigenvalue weighted by atomic mass is 16.5. The molecule has 0 aliphatic carbocycles. The Hall–Kier alpha value is -3.23. The van der Waals surface area contributed by atoms with E-state index in [2.05, 4.69) is 45.7 Å². The maximum absolute atomic E-state index is 12.8. The maximum Gasteiger partial charge on any atom is 0.262 e. The molecule has 1 N–H and O–H groups in total. The second kappa shape index (κ2) is 10.6. The molecule has 8 nitrogen and oxygen atoms in total. The zero-order chi connectivity index (χ0) is 25.1. The highest BCUT2D eigenvalue weighted by Gasteiger charge is 2.29. The average Bonchev–Trinajstić information content (AvgIpc) is 2.84. The molecular formula is C27H34N4O4. The van der Waals surface area contributed by atoms with Crippen LogP contribution >= 0.6 is 0 Å². The van der Waals surface area contributed by atoms with Gasteiger partial charge in [0.1, 0.15) is 28.5 Å². The summed E-state index contributed by atoms with van der Waals surface area (Å²) in [6.07, 6.45) is 0.